The third kappa shape index (κ3) is 7.67. The van der Waals surface area contributed by atoms with E-state index >= 15 is 0 Å². The van der Waals surface area contributed by atoms with Crippen molar-refractivity contribution in [1.29, 1.82) is 0 Å². The van der Waals surface area contributed by atoms with Gasteiger partial charge in [0.05, 0.1) is 13.2 Å². The van der Waals surface area contributed by atoms with Crippen molar-refractivity contribution in [1.82, 2.24) is 10.2 Å². The van der Waals surface area contributed by atoms with Crippen molar-refractivity contribution in [2.24, 2.45) is 10.7 Å². The average Bonchev–Trinajstić information content (AvgIpc) is 2.61. The number of likely N-dealkylation sites (tertiary alicyclic amines) is 1. The number of rotatable bonds is 6. The first-order valence-corrected chi connectivity index (χ1v) is 8.76. The van der Waals surface area contributed by atoms with Crippen LogP contribution in [-0.2, 0) is 4.74 Å². The Morgan fingerprint density at radius 1 is 1.31 bits per heavy atom. The summed E-state index contributed by atoms with van der Waals surface area (Å²) < 4.78 is 10.6. The predicted molar refractivity (Wildman–Crippen MR) is 113 cm³/mol. The average molecular weight is 476 g/mol. The van der Waals surface area contributed by atoms with Gasteiger partial charge in [0.15, 0.2) is 5.96 Å². The highest BCUT2D eigenvalue weighted by Crippen LogP contribution is 2.12. The summed E-state index contributed by atoms with van der Waals surface area (Å²) in [7, 11) is 0. The molecule has 146 valence electrons. The Bertz CT molecular complexity index is 572. The number of halogens is 1. The van der Waals surface area contributed by atoms with Crippen LogP contribution in [0, 0.1) is 6.92 Å². The molecule has 1 amide bonds. The molecule has 2 rings (SSSR count). The first kappa shape index (κ1) is 22.3. The molecule has 1 aromatic rings. The Kier molecular flexibility index (Phi) is 10.2. The zero-order valence-corrected chi connectivity index (χ0v) is 17.8. The first-order valence-electron chi connectivity index (χ1n) is 8.76. The maximum absolute atomic E-state index is 11.7. The number of hydrogen-bond donors (Lipinski definition) is 2. The molecule has 1 fully saturated rings. The van der Waals surface area contributed by atoms with E-state index < -0.39 is 0 Å². The minimum atomic E-state index is -0.240. The zero-order valence-electron chi connectivity index (χ0n) is 15.4. The van der Waals surface area contributed by atoms with Crippen LogP contribution in [0.15, 0.2) is 29.3 Å². The topological polar surface area (TPSA) is 89.2 Å². The van der Waals surface area contributed by atoms with Crippen LogP contribution in [0.3, 0.4) is 0 Å². The summed E-state index contributed by atoms with van der Waals surface area (Å²) in [6.45, 7) is 6.56. The first-order chi connectivity index (χ1) is 12.1. The lowest BCUT2D eigenvalue weighted by Gasteiger charge is -2.31. The van der Waals surface area contributed by atoms with Gasteiger partial charge in [-0.05, 0) is 38.8 Å². The second-order valence-corrected chi connectivity index (χ2v) is 6.03. The van der Waals surface area contributed by atoms with E-state index in [2.05, 4.69) is 10.3 Å². The minimum Gasteiger partial charge on any atom is -0.492 e. The summed E-state index contributed by atoms with van der Waals surface area (Å²) >= 11 is 0. The fourth-order valence-corrected chi connectivity index (χ4v) is 2.64. The molecular weight excluding hydrogens is 447 g/mol. The number of piperidine rings is 1. The molecule has 3 N–H and O–H groups in total. The predicted octanol–water partition coefficient (Wildman–Crippen LogP) is 2.52. The molecule has 0 bridgehead atoms. The molecule has 0 spiro atoms. The van der Waals surface area contributed by atoms with E-state index in [9.17, 15) is 4.79 Å². The number of hydrogen-bond acceptors (Lipinski definition) is 4. The van der Waals surface area contributed by atoms with E-state index in [0.29, 0.717) is 38.8 Å². The van der Waals surface area contributed by atoms with Crippen LogP contribution >= 0.6 is 24.0 Å². The molecule has 0 unspecified atom stereocenters. The normalized spacial score (nSPS) is 15.2. The summed E-state index contributed by atoms with van der Waals surface area (Å²) in [6, 6.07) is 8.14. The Hall–Kier alpha value is -1.71. The molecule has 1 aromatic carbocycles. The number of nitrogens with two attached hydrogens (primary N) is 1. The fraction of sp³-hybridized carbons (Fsp3) is 0.556. The molecule has 0 radical (unpaired) electrons. The number of benzene rings is 1. The van der Waals surface area contributed by atoms with Crippen molar-refractivity contribution in [2.45, 2.75) is 32.7 Å². The molecule has 0 aliphatic carbocycles. The van der Waals surface area contributed by atoms with Crippen molar-refractivity contribution in [3.63, 3.8) is 0 Å². The molecule has 0 atom stereocenters. The van der Waals surface area contributed by atoms with Crippen LogP contribution in [0.4, 0.5) is 4.79 Å². The maximum atomic E-state index is 11.7. The lowest BCUT2D eigenvalue weighted by atomic mass is 10.1. The highest BCUT2D eigenvalue weighted by molar-refractivity contribution is 14.0. The van der Waals surface area contributed by atoms with E-state index in [1.54, 1.807) is 4.90 Å². The SMILES string of the molecule is CCOC(=O)N1CCC(NC(N)=NCCOc2ccc(C)cc2)CC1.I. The van der Waals surface area contributed by atoms with Crippen molar-refractivity contribution < 1.29 is 14.3 Å². The van der Waals surface area contributed by atoms with Gasteiger partial charge in [0.1, 0.15) is 12.4 Å². The van der Waals surface area contributed by atoms with Crippen LogP contribution in [0.5, 0.6) is 5.75 Å². The van der Waals surface area contributed by atoms with Crippen LogP contribution in [0.1, 0.15) is 25.3 Å². The minimum absolute atomic E-state index is 0. The number of aryl methyl sites for hydroxylation is 1. The highest BCUT2D eigenvalue weighted by atomic mass is 127. The Balaban J connectivity index is 0.00000338. The highest BCUT2D eigenvalue weighted by Gasteiger charge is 2.23. The number of carbonyl (C=O) groups excluding carboxylic acids is 1. The van der Waals surface area contributed by atoms with Crippen LogP contribution in [-0.4, -0.2) is 55.8 Å². The van der Waals surface area contributed by atoms with Crippen molar-refractivity contribution >= 4 is 36.0 Å². The van der Waals surface area contributed by atoms with Gasteiger partial charge in [0.25, 0.3) is 0 Å². The van der Waals surface area contributed by atoms with E-state index in [4.69, 9.17) is 15.2 Å². The van der Waals surface area contributed by atoms with E-state index in [0.717, 1.165) is 18.6 Å². The van der Waals surface area contributed by atoms with Gasteiger partial charge in [0, 0.05) is 19.1 Å². The maximum Gasteiger partial charge on any atom is 0.409 e. The third-order valence-corrected chi connectivity index (χ3v) is 4.04. The standard InChI is InChI=1S/C18H28N4O3.HI/c1-3-24-18(23)22-11-8-15(9-12-22)21-17(19)20-10-13-25-16-6-4-14(2)5-7-16;/h4-7,15H,3,8-13H2,1-2H3,(H3,19,20,21);1H. The molecule has 0 aromatic heterocycles. The van der Waals surface area contributed by atoms with Gasteiger partial charge in [-0.15, -0.1) is 24.0 Å². The molecule has 1 heterocycles. The smallest absolute Gasteiger partial charge is 0.409 e. The van der Waals surface area contributed by atoms with Crippen molar-refractivity contribution in [3.8, 4) is 5.75 Å². The Labute approximate surface area is 172 Å². The molecule has 1 aliphatic rings. The number of nitrogens with one attached hydrogen (secondary N) is 1. The van der Waals surface area contributed by atoms with Crippen LogP contribution in [0.2, 0.25) is 0 Å². The quantitative estimate of drug-likeness (QED) is 0.285. The van der Waals surface area contributed by atoms with Gasteiger partial charge in [-0.3, -0.25) is 0 Å². The molecule has 1 saturated heterocycles. The second kappa shape index (κ2) is 11.8. The number of ether oxygens (including phenoxy) is 2. The molecule has 7 nitrogen and oxygen atoms in total. The zero-order chi connectivity index (χ0) is 18.1. The summed E-state index contributed by atoms with van der Waals surface area (Å²) in [5, 5.41) is 3.21. The Morgan fingerprint density at radius 2 is 1.96 bits per heavy atom. The number of aliphatic imine (C=N–C) groups is 1. The summed E-state index contributed by atoms with van der Waals surface area (Å²) in [5.74, 6) is 1.25. The number of guanidine groups is 1. The third-order valence-electron chi connectivity index (χ3n) is 4.04. The van der Waals surface area contributed by atoms with Gasteiger partial charge in [-0.25, -0.2) is 9.79 Å². The number of carbonyl (C=O) groups is 1. The molecule has 8 heteroatoms. The largest absolute Gasteiger partial charge is 0.492 e. The Morgan fingerprint density at radius 3 is 2.58 bits per heavy atom. The molecule has 1 aliphatic heterocycles. The van der Waals surface area contributed by atoms with Gasteiger partial charge >= 0.3 is 6.09 Å². The lowest BCUT2D eigenvalue weighted by Crippen LogP contribution is -2.48. The lowest BCUT2D eigenvalue weighted by molar-refractivity contribution is 0.0963. The summed E-state index contributed by atoms with van der Waals surface area (Å²) in [4.78, 5) is 17.7. The van der Waals surface area contributed by atoms with E-state index in [-0.39, 0.29) is 36.1 Å². The monoisotopic (exact) mass is 476 g/mol. The second-order valence-electron chi connectivity index (χ2n) is 6.03. The van der Waals surface area contributed by atoms with Gasteiger partial charge in [-0.2, -0.15) is 0 Å². The summed E-state index contributed by atoms with van der Waals surface area (Å²) in [6.07, 6.45) is 1.42. The number of nitrogens with zero attached hydrogens (tertiary/aromatic N) is 2. The van der Waals surface area contributed by atoms with Gasteiger partial charge < -0.3 is 25.4 Å². The van der Waals surface area contributed by atoms with Gasteiger partial charge in [0.2, 0.25) is 0 Å². The molecule has 0 saturated carbocycles. The van der Waals surface area contributed by atoms with Crippen LogP contribution < -0.4 is 15.8 Å². The number of amides is 1. The van der Waals surface area contributed by atoms with E-state index in [1.807, 2.05) is 38.1 Å². The fourth-order valence-electron chi connectivity index (χ4n) is 2.64. The van der Waals surface area contributed by atoms with Gasteiger partial charge in [-0.1, -0.05) is 17.7 Å². The molecular formula is C18H29IN4O3. The van der Waals surface area contributed by atoms with E-state index in [1.165, 1.54) is 5.56 Å². The van der Waals surface area contributed by atoms with Crippen molar-refractivity contribution in [3.05, 3.63) is 29.8 Å². The molecule has 26 heavy (non-hydrogen) atoms. The van der Waals surface area contributed by atoms with Crippen LogP contribution in [0.25, 0.3) is 0 Å². The summed E-state index contributed by atoms with van der Waals surface area (Å²) in [5.41, 5.74) is 7.13. The van der Waals surface area contributed by atoms with Crippen molar-refractivity contribution in [2.75, 3.05) is 32.8 Å².